The van der Waals surface area contributed by atoms with Crippen LogP contribution in [0.2, 0.25) is 0 Å². The Bertz CT molecular complexity index is 183. The second-order valence-corrected chi connectivity index (χ2v) is 6.01. The first-order chi connectivity index (χ1) is 6.37. The van der Waals surface area contributed by atoms with Gasteiger partial charge in [-0.1, -0.05) is 36.4 Å². The maximum atomic E-state index is 6.10. The number of rotatable bonds is 1. The highest BCUT2D eigenvalue weighted by Gasteiger charge is 2.44. The van der Waals surface area contributed by atoms with E-state index in [1.807, 2.05) is 0 Å². The van der Waals surface area contributed by atoms with Crippen molar-refractivity contribution in [1.29, 1.82) is 0 Å². The van der Waals surface area contributed by atoms with Crippen LogP contribution >= 0.6 is 22.6 Å². The fourth-order valence-electron chi connectivity index (χ4n) is 2.26. The van der Waals surface area contributed by atoms with E-state index < -0.39 is 0 Å². The molecule has 0 saturated heterocycles. The minimum atomic E-state index is -0.179. The molecule has 0 aromatic rings. The van der Waals surface area contributed by atoms with Crippen LogP contribution in [0.3, 0.4) is 0 Å². The molecule has 4 nitrogen and oxygen atoms in total. The fraction of sp³-hybridized carbons (Fsp3) is 1.00. The Balaban J connectivity index is 2.86. The molecule has 6 atom stereocenters. The lowest BCUT2D eigenvalue weighted by Gasteiger charge is -2.46. The van der Waals surface area contributed by atoms with Crippen molar-refractivity contribution < 1.29 is 0 Å². The summed E-state index contributed by atoms with van der Waals surface area (Å²) in [7, 11) is 0. The molecule has 0 bridgehead atoms. The molecule has 0 heterocycles. The van der Waals surface area contributed by atoms with Gasteiger partial charge in [0.25, 0.3) is 0 Å². The first kappa shape index (κ1) is 12.6. The van der Waals surface area contributed by atoms with Gasteiger partial charge in [0.1, 0.15) is 0 Å². The lowest BCUT2D eigenvalue weighted by molar-refractivity contribution is 0.192. The average molecular weight is 312 g/mol. The monoisotopic (exact) mass is 312 g/mol. The minimum Gasteiger partial charge on any atom is -0.326 e. The van der Waals surface area contributed by atoms with E-state index in [0.29, 0.717) is 15.8 Å². The molecule has 1 aliphatic carbocycles. The van der Waals surface area contributed by atoms with Crippen LogP contribution in [-0.4, -0.2) is 28.1 Å². The van der Waals surface area contributed by atoms with Crippen LogP contribution in [0.1, 0.15) is 13.8 Å². The van der Waals surface area contributed by atoms with Crippen molar-refractivity contribution in [3.05, 3.63) is 0 Å². The largest absolute Gasteiger partial charge is 0.326 e. The first-order valence-electron chi connectivity index (χ1n) is 5.04. The summed E-state index contributed by atoms with van der Waals surface area (Å²) in [5.41, 5.74) is 24.0. The lowest BCUT2D eigenvalue weighted by Crippen LogP contribution is -2.71. The molecule has 0 radical (unpaired) electrons. The highest BCUT2D eigenvalue weighted by molar-refractivity contribution is 14.1. The molecule has 0 amide bonds. The van der Waals surface area contributed by atoms with Crippen molar-refractivity contribution in [3.8, 4) is 0 Å². The normalized spacial score (nSPS) is 49.7. The molecule has 0 aromatic carbocycles. The molecular formula is C9H21IN4. The van der Waals surface area contributed by atoms with Crippen LogP contribution in [-0.2, 0) is 0 Å². The Morgan fingerprint density at radius 2 is 1.29 bits per heavy atom. The van der Waals surface area contributed by atoms with E-state index >= 15 is 0 Å². The van der Waals surface area contributed by atoms with Crippen LogP contribution in [0.15, 0.2) is 0 Å². The summed E-state index contributed by atoms with van der Waals surface area (Å²) in [4.78, 5) is 0. The molecule has 0 aliphatic heterocycles. The molecule has 0 aromatic heterocycles. The highest BCUT2D eigenvalue weighted by Crippen LogP contribution is 2.33. The quantitative estimate of drug-likeness (QED) is 0.383. The Kier molecular flexibility index (Phi) is 4.16. The second kappa shape index (κ2) is 4.61. The third kappa shape index (κ3) is 2.06. The molecule has 1 rings (SSSR count). The Hall–Kier alpha value is 0.570. The van der Waals surface area contributed by atoms with Gasteiger partial charge >= 0.3 is 0 Å². The maximum absolute atomic E-state index is 6.10. The van der Waals surface area contributed by atoms with Gasteiger partial charge in [0.05, 0.1) is 0 Å². The lowest BCUT2D eigenvalue weighted by atomic mass is 9.72. The van der Waals surface area contributed by atoms with Crippen molar-refractivity contribution in [3.63, 3.8) is 0 Å². The standard InChI is InChI=1S/C9H21IN4/c1-3(2)4-5(10)7(12)9(14)8(13)6(4)11/h3-9H,11-14H2,1-2H3. The average Bonchev–Trinajstić information content (AvgIpc) is 2.11. The summed E-state index contributed by atoms with van der Waals surface area (Å²) >= 11 is 2.36. The van der Waals surface area contributed by atoms with E-state index in [9.17, 15) is 0 Å². The van der Waals surface area contributed by atoms with Crippen LogP contribution in [0.5, 0.6) is 0 Å². The van der Waals surface area contributed by atoms with E-state index in [1.165, 1.54) is 0 Å². The molecule has 84 valence electrons. The fourth-order valence-corrected chi connectivity index (χ4v) is 4.05. The SMILES string of the molecule is CC(C)C1C(N)C(N)C(N)C(N)C1I. The Labute approximate surface area is 99.3 Å². The van der Waals surface area contributed by atoms with Crippen molar-refractivity contribution in [1.82, 2.24) is 0 Å². The number of nitrogens with two attached hydrogens (primary N) is 4. The van der Waals surface area contributed by atoms with Gasteiger partial charge in [0.2, 0.25) is 0 Å². The minimum absolute atomic E-state index is 0.0355. The summed E-state index contributed by atoms with van der Waals surface area (Å²) in [5.74, 6) is 0.858. The summed E-state index contributed by atoms with van der Waals surface area (Å²) in [6, 6.07) is -0.435. The zero-order valence-corrected chi connectivity index (χ0v) is 10.9. The van der Waals surface area contributed by atoms with Crippen molar-refractivity contribution in [2.24, 2.45) is 34.8 Å². The zero-order chi connectivity index (χ0) is 11.0. The topological polar surface area (TPSA) is 104 Å². The smallest absolute Gasteiger partial charge is 0.0372 e. The predicted molar refractivity (Wildman–Crippen MR) is 68.0 cm³/mol. The van der Waals surface area contributed by atoms with Gasteiger partial charge in [-0.15, -0.1) is 0 Å². The van der Waals surface area contributed by atoms with Crippen molar-refractivity contribution in [2.75, 3.05) is 0 Å². The van der Waals surface area contributed by atoms with Gasteiger partial charge in [-0.05, 0) is 11.8 Å². The van der Waals surface area contributed by atoms with Crippen LogP contribution in [0.4, 0.5) is 0 Å². The van der Waals surface area contributed by atoms with Gasteiger partial charge in [0, 0.05) is 28.1 Å². The van der Waals surface area contributed by atoms with Crippen molar-refractivity contribution >= 4 is 22.6 Å². The third-order valence-corrected chi connectivity index (χ3v) is 4.94. The van der Waals surface area contributed by atoms with E-state index in [4.69, 9.17) is 22.9 Å². The summed E-state index contributed by atoms with van der Waals surface area (Å²) in [6.45, 7) is 4.32. The molecule has 1 saturated carbocycles. The van der Waals surface area contributed by atoms with Crippen LogP contribution in [0.25, 0.3) is 0 Å². The van der Waals surface area contributed by atoms with Crippen molar-refractivity contribution in [2.45, 2.75) is 41.9 Å². The molecule has 8 N–H and O–H groups in total. The number of halogens is 1. The van der Waals surface area contributed by atoms with Gasteiger partial charge in [-0.25, -0.2) is 0 Å². The maximum Gasteiger partial charge on any atom is 0.0372 e. The van der Waals surface area contributed by atoms with Crippen LogP contribution < -0.4 is 22.9 Å². The predicted octanol–water partition coefficient (Wildman–Crippen LogP) is -0.615. The number of hydrogen-bond acceptors (Lipinski definition) is 4. The zero-order valence-electron chi connectivity index (χ0n) is 8.73. The van der Waals surface area contributed by atoms with Gasteiger partial charge in [-0.2, -0.15) is 0 Å². The second-order valence-electron chi connectivity index (χ2n) is 4.58. The van der Waals surface area contributed by atoms with E-state index in [0.717, 1.165) is 0 Å². The third-order valence-electron chi connectivity index (χ3n) is 3.28. The molecule has 1 fully saturated rings. The van der Waals surface area contributed by atoms with E-state index in [-0.39, 0.29) is 24.2 Å². The van der Waals surface area contributed by atoms with Gasteiger partial charge < -0.3 is 22.9 Å². The Morgan fingerprint density at radius 3 is 1.71 bits per heavy atom. The van der Waals surface area contributed by atoms with E-state index in [1.54, 1.807) is 0 Å². The van der Waals surface area contributed by atoms with Crippen LogP contribution in [0, 0.1) is 11.8 Å². The first-order valence-corrected chi connectivity index (χ1v) is 6.29. The molecule has 14 heavy (non-hydrogen) atoms. The molecular weight excluding hydrogens is 291 g/mol. The summed E-state index contributed by atoms with van der Waals surface area (Å²) in [5, 5.41) is 0. The van der Waals surface area contributed by atoms with Gasteiger partial charge in [-0.3, -0.25) is 0 Å². The summed E-state index contributed by atoms with van der Waals surface area (Å²) < 4.78 is 0.317. The highest BCUT2D eigenvalue weighted by atomic mass is 127. The molecule has 6 unspecified atom stereocenters. The Morgan fingerprint density at radius 1 is 0.857 bits per heavy atom. The number of hydrogen-bond donors (Lipinski definition) is 4. The molecule has 5 heteroatoms. The van der Waals surface area contributed by atoms with Gasteiger partial charge in [0.15, 0.2) is 0 Å². The molecule has 1 aliphatic rings. The number of alkyl halides is 1. The molecule has 0 spiro atoms. The summed E-state index contributed by atoms with van der Waals surface area (Å²) in [6.07, 6.45) is 0. The van der Waals surface area contributed by atoms with E-state index in [2.05, 4.69) is 36.4 Å².